The zero-order chi connectivity index (χ0) is 29.5. The van der Waals surface area contributed by atoms with Gasteiger partial charge in [0.25, 0.3) is 0 Å². The van der Waals surface area contributed by atoms with E-state index in [0.717, 1.165) is 22.4 Å². The van der Waals surface area contributed by atoms with E-state index in [2.05, 4.69) is 25.7 Å². The Morgan fingerprint density at radius 3 is 2.15 bits per heavy atom. The van der Waals surface area contributed by atoms with Crippen molar-refractivity contribution in [3.8, 4) is 34.5 Å². The van der Waals surface area contributed by atoms with E-state index in [1.54, 1.807) is 39.2 Å². The van der Waals surface area contributed by atoms with Crippen LogP contribution in [0.15, 0.2) is 72.8 Å². The predicted octanol–water partition coefficient (Wildman–Crippen LogP) is 8.09. The van der Waals surface area contributed by atoms with Crippen LogP contribution in [-0.4, -0.2) is 38.7 Å². The van der Waals surface area contributed by atoms with E-state index < -0.39 is 0 Å². The molecule has 7 nitrogen and oxygen atoms in total. The molecule has 0 aliphatic carbocycles. The molecule has 3 aromatic carbocycles. The lowest BCUT2D eigenvalue weighted by molar-refractivity contribution is 0.355. The van der Waals surface area contributed by atoms with Crippen molar-refractivity contribution in [3.63, 3.8) is 0 Å². The number of rotatable bonds is 12. The minimum Gasteiger partial charge on any atom is -0.508 e. The smallest absolute Gasteiger partial charge is 0.161 e. The molecule has 8 heteroatoms. The molecule has 0 aromatic heterocycles. The van der Waals surface area contributed by atoms with Crippen LogP contribution < -0.4 is 24.3 Å². The normalized spacial score (nSPS) is 10.7. The number of thioether (sulfide) groups is 1. The third-order valence-corrected chi connectivity index (χ3v) is 6.28. The molecule has 0 amide bonds. The first-order chi connectivity index (χ1) is 19.3. The Morgan fingerprint density at radius 2 is 1.50 bits per heavy atom. The molecular weight excluding hydrogens is 526 g/mol. The predicted molar refractivity (Wildman–Crippen MR) is 167 cm³/mol. The number of nitrogens with one attached hydrogen (secondary N) is 1. The van der Waals surface area contributed by atoms with Crippen LogP contribution in [0.1, 0.15) is 37.0 Å². The molecule has 0 bridgehead atoms. The number of aromatic hydroxyl groups is 2. The van der Waals surface area contributed by atoms with Gasteiger partial charge in [0.15, 0.2) is 11.5 Å². The van der Waals surface area contributed by atoms with E-state index in [-0.39, 0.29) is 11.5 Å². The molecular formula is C32H39NO6S. The number of hydrogen-bond donors (Lipinski definition) is 3. The van der Waals surface area contributed by atoms with Crippen molar-refractivity contribution in [3.05, 3.63) is 89.5 Å². The fourth-order valence-electron chi connectivity index (χ4n) is 3.52. The second kappa shape index (κ2) is 16.7. The van der Waals surface area contributed by atoms with Crippen LogP contribution in [0, 0.1) is 0 Å². The van der Waals surface area contributed by atoms with Crippen molar-refractivity contribution in [2.45, 2.75) is 26.0 Å². The van der Waals surface area contributed by atoms with Gasteiger partial charge < -0.3 is 34.5 Å². The summed E-state index contributed by atoms with van der Waals surface area (Å²) < 4.78 is 21.4. The molecule has 0 atom stereocenters. The molecule has 3 aromatic rings. The lowest BCUT2D eigenvalue weighted by atomic mass is 10.1. The van der Waals surface area contributed by atoms with Crippen LogP contribution in [0.25, 0.3) is 11.6 Å². The van der Waals surface area contributed by atoms with Crippen LogP contribution in [0.3, 0.4) is 0 Å². The molecule has 214 valence electrons. The zero-order valence-electron chi connectivity index (χ0n) is 24.0. The SMILES string of the molecule is C=C(/C=C\Nc1cc(CS/C=C/c2c(O)cc(O)cc2OC)ccc1OC)c1ccc(OC)c(OC)c1.CCC. The van der Waals surface area contributed by atoms with Gasteiger partial charge >= 0.3 is 0 Å². The van der Waals surface area contributed by atoms with Crippen LogP contribution in [0.5, 0.6) is 34.5 Å². The maximum atomic E-state index is 10.1. The van der Waals surface area contributed by atoms with E-state index in [1.165, 1.54) is 25.7 Å². The minimum atomic E-state index is -0.0567. The Bertz CT molecular complexity index is 1320. The maximum Gasteiger partial charge on any atom is 0.161 e. The Hall–Kier alpha value is -4.17. The third kappa shape index (κ3) is 9.24. The van der Waals surface area contributed by atoms with E-state index in [9.17, 15) is 10.2 Å². The average molecular weight is 566 g/mol. The molecule has 0 aliphatic rings. The second-order valence-electron chi connectivity index (χ2n) is 8.51. The number of methoxy groups -OCH3 is 4. The Labute approximate surface area is 241 Å². The highest BCUT2D eigenvalue weighted by Crippen LogP contribution is 2.35. The summed E-state index contributed by atoms with van der Waals surface area (Å²) in [7, 11) is 6.32. The summed E-state index contributed by atoms with van der Waals surface area (Å²) in [4.78, 5) is 0. The van der Waals surface area contributed by atoms with Gasteiger partial charge in [0.05, 0.1) is 39.7 Å². The van der Waals surface area contributed by atoms with Gasteiger partial charge in [0.1, 0.15) is 23.0 Å². The number of hydrogen-bond acceptors (Lipinski definition) is 8. The second-order valence-corrected chi connectivity index (χ2v) is 9.40. The topological polar surface area (TPSA) is 89.4 Å². The van der Waals surface area contributed by atoms with Crippen LogP contribution in [0.2, 0.25) is 0 Å². The maximum absolute atomic E-state index is 10.1. The molecule has 3 rings (SSSR count). The van der Waals surface area contributed by atoms with E-state index in [4.69, 9.17) is 18.9 Å². The lowest BCUT2D eigenvalue weighted by Gasteiger charge is -2.11. The van der Waals surface area contributed by atoms with Gasteiger partial charge in [-0.15, -0.1) is 11.8 Å². The van der Waals surface area contributed by atoms with E-state index >= 15 is 0 Å². The molecule has 3 N–H and O–H groups in total. The minimum absolute atomic E-state index is 0.0499. The van der Waals surface area contributed by atoms with Crippen molar-refractivity contribution >= 4 is 29.1 Å². The fourth-order valence-corrected chi connectivity index (χ4v) is 4.22. The Balaban J connectivity index is 0.00000178. The summed E-state index contributed by atoms with van der Waals surface area (Å²) in [6, 6.07) is 14.3. The molecule has 0 unspecified atom stereocenters. The van der Waals surface area contributed by atoms with Gasteiger partial charge in [0, 0.05) is 24.1 Å². The van der Waals surface area contributed by atoms with Gasteiger partial charge in [-0.25, -0.2) is 0 Å². The van der Waals surface area contributed by atoms with Crippen molar-refractivity contribution in [1.29, 1.82) is 0 Å². The molecule has 0 radical (unpaired) electrons. The first kappa shape index (κ1) is 32.0. The van der Waals surface area contributed by atoms with E-state index in [0.29, 0.717) is 34.3 Å². The molecule has 0 aliphatic heterocycles. The fraction of sp³-hybridized carbons (Fsp3) is 0.250. The number of ether oxygens (including phenoxy) is 4. The molecule has 0 saturated carbocycles. The summed E-state index contributed by atoms with van der Waals surface area (Å²) >= 11 is 1.56. The number of phenolic OH excluding ortho intramolecular Hbond substituents is 2. The number of anilines is 1. The van der Waals surface area contributed by atoms with Crippen LogP contribution in [0.4, 0.5) is 5.69 Å². The first-order valence-electron chi connectivity index (χ1n) is 12.7. The summed E-state index contributed by atoms with van der Waals surface area (Å²) in [5.41, 5.74) is 4.11. The molecule has 0 saturated heterocycles. The van der Waals surface area contributed by atoms with Crippen LogP contribution >= 0.6 is 11.8 Å². The zero-order valence-corrected chi connectivity index (χ0v) is 24.8. The molecule has 40 heavy (non-hydrogen) atoms. The highest BCUT2D eigenvalue weighted by molar-refractivity contribution is 8.01. The van der Waals surface area contributed by atoms with Gasteiger partial charge in [-0.1, -0.05) is 39.0 Å². The van der Waals surface area contributed by atoms with Crippen molar-refractivity contribution in [1.82, 2.24) is 0 Å². The van der Waals surface area contributed by atoms with Crippen LogP contribution in [-0.2, 0) is 5.75 Å². The van der Waals surface area contributed by atoms with Gasteiger partial charge in [-0.2, -0.15) is 0 Å². The summed E-state index contributed by atoms with van der Waals surface area (Å²) in [5.74, 6) is 3.00. The number of benzene rings is 3. The standard InChI is InChI=1S/C29H31NO6S.C3H8/c1-19(21-7-9-27(34-3)29(15-21)36-5)10-12-30-24-14-20(6-8-26(24)33-2)18-37-13-11-23-25(32)16-22(31)17-28(23)35-4;1-3-2/h6-17,30-32H,1,18H2,2-5H3;3H2,1-2H3/b12-10-,13-11+;. The van der Waals surface area contributed by atoms with Crippen molar-refractivity contribution in [2.24, 2.45) is 0 Å². The Kier molecular flexibility index (Phi) is 13.4. The number of phenols is 2. The lowest BCUT2D eigenvalue weighted by Crippen LogP contribution is -1.95. The summed E-state index contributed by atoms with van der Waals surface area (Å²) in [6.45, 7) is 8.39. The van der Waals surface area contributed by atoms with Crippen molar-refractivity contribution in [2.75, 3.05) is 33.8 Å². The highest BCUT2D eigenvalue weighted by Gasteiger charge is 2.09. The third-order valence-electron chi connectivity index (χ3n) is 5.45. The first-order valence-corrected chi connectivity index (χ1v) is 13.8. The monoisotopic (exact) mass is 565 g/mol. The highest BCUT2D eigenvalue weighted by atomic mass is 32.2. The number of allylic oxidation sites excluding steroid dienone is 2. The Morgan fingerprint density at radius 1 is 0.850 bits per heavy atom. The largest absolute Gasteiger partial charge is 0.508 e. The average Bonchev–Trinajstić information content (AvgIpc) is 2.95. The molecule has 0 heterocycles. The van der Waals surface area contributed by atoms with Gasteiger partial charge in [-0.05, 0) is 58.5 Å². The van der Waals surface area contributed by atoms with E-state index in [1.807, 2.05) is 54.1 Å². The molecule has 0 spiro atoms. The van der Waals surface area contributed by atoms with Gasteiger partial charge in [-0.3, -0.25) is 0 Å². The summed E-state index contributed by atoms with van der Waals surface area (Å²) in [6.07, 6.45) is 6.69. The molecule has 0 fully saturated rings. The van der Waals surface area contributed by atoms with Gasteiger partial charge in [0.2, 0.25) is 0 Å². The summed E-state index contributed by atoms with van der Waals surface area (Å²) in [5, 5.41) is 24.9. The van der Waals surface area contributed by atoms with Crippen molar-refractivity contribution < 1.29 is 29.2 Å². The quantitative estimate of drug-likeness (QED) is 0.190.